The first-order valence-electron chi connectivity index (χ1n) is 8.51. The number of amides is 2. The lowest BCUT2D eigenvalue weighted by atomic mass is 9.95. The van der Waals surface area contributed by atoms with Crippen LogP contribution in [-0.4, -0.2) is 47.3 Å². The smallest absolute Gasteiger partial charge is 0.239 e. The predicted octanol–water partition coefficient (Wildman–Crippen LogP) is 1.37. The normalized spacial score (nSPS) is 23.1. The third-order valence-corrected chi connectivity index (χ3v) is 5.09. The van der Waals surface area contributed by atoms with Gasteiger partial charge in [-0.1, -0.05) is 30.3 Å². The van der Waals surface area contributed by atoms with Crippen LogP contribution in [0, 0.1) is 5.92 Å². The summed E-state index contributed by atoms with van der Waals surface area (Å²) in [6.07, 6.45) is 3.40. The molecule has 0 spiro atoms. The van der Waals surface area contributed by atoms with Gasteiger partial charge in [-0.3, -0.25) is 14.5 Å². The zero-order valence-electron chi connectivity index (χ0n) is 13.5. The number of likely N-dealkylation sites (tertiary alicyclic amines) is 2. The summed E-state index contributed by atoms with van der Waals surface area (Å²) in [5, 5.41) is 0. The number of carbonyl (C=O) groups excluding carboxylic acids is 2. The summed E-state index contributed by atoms with van der Waals surface area (Å²) >= 11 is 0. The summed E-state index contributed by atoms with van der Waals surface area (Å²) in [6.45, 7) is 3.11. The number of hydrogen-bond acceptors (Lipinski definition) is 3. The van der Waals surface area contributed by atoms with Crippen LogP contribution in [-0.2, 0) is 16.1 Å². The van der Waals surface area contributed by atoms with Crippen molar-refractivity contribution < 1.29 is 9.59 Å². The molecular weight excluding hydrogens is 290 g/mol. The molecule has 1 aromatic carbocycles. The van der Waals surface area contributed by atoms with Crippen molar-refractivity contribution in [2.45, 2.75) is 38.3 Å². The molecule has 2 fully saturated rings. The number of nitrogens with two attached hydrogens (primary N) is 1. The molecule has 2 N–H and O–H groups in total. The first-order valence-corrected chi connectivity index (χ1v) is 8.51. The minimum absolute atomic E-state index is 0.0136. The van der Waals surface area contributed by atoms with Crippen molar-refractivity contribution in [1.29, 1.82) is 0 Å². The summed E-state index contributed by atoms with van der Waals surface area (Å²) in [5.74, 6) is -0.0759. The molecule has 0 radical (unpaired) electrons. The van der Waals surface area contributed by atoms with Crippen LogP contribution in [0.1, 0.15) is 31.2 Å². The molecule has 3 rings (SSSR count). The van der Waals surface area contributed by atoms with Crippen molar-refractivity contribution in [2.75, 3.05) is 19.6 Å². The van der Waals surface area contributed by atoms with Crippen LogP contribution in [0.4, 0.5) is 0 Å². The summed E-state index contributed by atoms with van der Waals surface area (Å²) in [7, 11) is 0. The largest absolute Gasteiger partial charge is 0.369 e. The van der Waals surface area contributed by atoms with E-state index in [4.69, 9.17) is 5.73 Å². The van der Waals surface area contributed by atoms with Gasteiger partial charge in [-0.25, -0.2) is 0 Å². The molecule has 5 nitrogen and oxygen atoms in total. The lowest BCUT2D eigenvalue weighted by molar-refractivity contribution is -0.139. The fraction of sp³-hybridized carbons (Fsp3) is 0.556. The molecule has 2 saturated heterocycles. The maximum absolute atomic E-state index is 12.8. The fourth-order valence-corrected chi connectivity index (χ4v) is 3.71. The van der Waals surface area contributed by atoms with Crippen LogP contribution in [0.15, 0.2) is 30.3 Å². The first-order chi connectivity index (χ1) is 11.1. The van der Waals surface area contributed by atoms with Crippen LogP contribution in [0.2, 0.25) is 0 Å². The van der Waals surface area contributed by atoms with Crippen molar-refractivity contribution in [3.05, 3.63) is 35.9 Å². The Kier molecular flexibility index (Phi) is 4.96. The van der Waals surface area contributed by atoms with Crippen LogP contribution >= 0.6 is 0 Å². The van der Waals surface area contributed by atoms with E-state index in [0.29, 0.717) is 25.9 Å². The van der Waals surface area contributed by atoms with Gasteiger partial charge < -0.3 is 10.6 Å². The monoisotopic (exact) mass is 315 g/mol. The molecule has 2 amide bonds. The second kappa shape index (κ2) is 7.13. The standard InChI is InChI=1S/C18H25N3O2/c19-17(22)15-8-11-20(12-9-15)18(23)16-7-4-10-21(16)13-14-5-2-1-3-6-14/h1-3,5-6,15-16H,4,7-13H2,(H2,19,22)/t16-/m1/s1. The molecule has 0 bridgehead atoms. The fourth-order valence-electron chi connectivity index (χ4n) is 3.71. The molecule has 124 valence electrons. The van der Waals surface area contributed by atoms with Gasteiger partial charge in [-0.2, -0.15) is 0 Å². The lowest BCUT2D eigenvalue weighted by Crippen LogP contribution is -2.49. The molecule has 2 aliphatic heterocycles. The Morgan fingerprint density at radius 3 is 2.39 bits per heavy atom. The number of piperidine rings is 1. The highest BCUT2D eigenvalue weighted by Crippen LogP contribution is 2.24. The molecule has 23 heavy (non-hydrogen) atoms. The van der Waals surface area contributed by atoms with Crippen molar-refractivity contribution in [3.63, 3.8) is 0 Å². The van der Waals surface area contributed by atoms with E-state index in [9.17, 15) is 9.59 Å². The predicted molar refractivity (Wildman–Crippen MR) is 88.4 cm³/mol. The summed E-state index contributed by atoms with van der Waals surface area (Å²) in [4.78, 5) is 28.3. The Morgan fingerprint density at radius 2 is 1.74 bits per heavy atom. The van der Waals surface area contributed by atoms with Crippen LogP contribution < -0.4 is 5.73 Å². The van der Waals surface area contributed by atoms with E-state index in [1.807, 2.05) is 23.1 Å². The van der Waals surface area contributed by atoms with Gasteiger partial charge in [0.05, 0.1) is 6.04 Å². The molecule has 0 aromatic heterocycles. The second-order valence-electron chi connectivity index (χ2n) is 6.62. The molecule has 2 heterocycles. The molecule has 0 aliphatic carbocycles. The molecule has 1 atom stereocenters. The minimum atomic E-state index is -0.233. The van der Waals surface area contributed by atoms with E-state index < -0.39 is 0 Å². The van der Waals surface area contributed by atoms with Crippen molar-refractivity contribution in [3.8, 4) is 0 Å². The topological polar surface area (TPSA) is 66.6 Å². The molecule has 0 unspecified atom stereocenters. The summed E-state index contributed by atoms with van der Waals surface area (Å²) < 4.78 is 0. The van der Waals surface area contributed by atoms with Crippen molar-refractivity contribution in [2.24, 2.45) is 11.7 Å². The number of primary amides is 1. The van der Waals surface area contributed by atoms with Gasteiger partial charge in [0.1, 0.15) is 0 Å². The third kappa shape index (κ3) is 3.72. The molecule has 5 heteroatoms. The van der Waals surface area contributed by atoms with Gasteiger partial charge >= 0.3 is 0 Å². The molecule has 2 aliphatic rings. The van der Waals surface area contributed by atoms with E-state index in [1.54, 1.807) is 0 Å². The van der Waals surface area contributed by atoms with Crippen molar-refractivity contribution >= 4 is 11.8 Å². The minimum Gasteiger partial charge on any atom is -0.369 e. The zero-order valence-corrected chi connectivity index (χ0v) is 13.5. The maximum atomic E-state index is 12.8. The maximum Gasteiger partial charge on any atom is 0.239 e. The van der Waals surface area contributed by atoms with Gasteiger partial charge in [-0.05, 0) is 37.8 Å². The van der Waals surface area contributed by atoms with E-state index in [1.165, 1.54) is 5.56 Å². The quantitative estimate of drug-likeness (QED) is 0.912. The summed E-state index contributed by atoms with van der Waals surface area (Å²) in [6, 6.07) is 10.3. The highest BCUT2D eigenvalue weighted by Gasteiger charge is 2.35. The van der Waals surface area contributed by atoms with E-state index in [2.05, 4.69) is 17.0 Å². The number of nitrogens with zero attached hydrogens (tertiary/aromatic N) is 2. The average molecular weight is 315 g/mol. The van der Waals surface area contributed by atoms with Gasteiger partial charge in [0.2, 0.25) is 11.8 Å². The van der Waals surface area contributed by atoms with E-state index in [-0.39, 0.29) is 23.8 Å². The number of benzene rings is 1. The van der Waals surface area contributed by atoms with Gasteiger partial charge in [0, 0.05) is 25.6 Å². The lowest BCUT2D eigenvalue weighted by Gasteiger charge is -2.34. The molecule has 1 aromatic rings. The van der Waals surface area contributed by atoms with Gasteiger partial charge in [-0.15, -0.1) is 0 Å². The summed E-state index contributed by atoms with van der Waals surface area (Å²) in [5.41, 5.74) is 6.62. The van der Waals surface area contributed by atoms with Crippen LogP contribution in [0.25, 0.3) is 0 Å². The Morgan fingerprint density at radius 1 is 1.04 bits per heavy atom. The van der Waals surface area contributed by atoms with Crippen LogP contribution in [0.5, 0.6) is 0 Å². The Hall–Kier alpha value is -1.88. The third-order valence-electron chi connectivity index (χ3n) is 5.09. The number of rotatable bonds is 4. The molecule has 0 saturated carbocycles. The van der Waals surface area contributed by atoms with Gasteiger partial charge in [0.15, 0.2) is 0 Å². The Balaban J connectivity index is 1.59. The van der Waals surface area contributed by atoms with E-state index >= 15 is 0 Å². The SMILES string of the molecule is NC(=O)C1CCN(C(=O)[C@H]2CCCN2Cc2ccccc2)CC1. The second-order valence-corrected chi connectivity index (χ2v) is 6.62. The Bertz CT molecular complexity index is 553. The number of carbonyl (C=O) groups is 2. The van der Waals surface area contributed by atoms with E-state index in [0.717, 1.165) is 25.9 Å². The highest BCUT2D eigenvalue weighted by molar-refractivity contribution is 5.83. The average Bonchev–Trinajstić information content (AvgIpc) is 3.03. The molecular formula is C18H25N3O2. The number of hydrogen-bond donors (Lipinski definition) is 1. The Labute approximate surface area is 137 Å². The van der Waals surface area contributed by atoms with Crippen molar-refractivity contribution in [1.82, 2.24) is 9.80 Å². The first kappa shape index (κ1) is 16.0. The van der Waals surface area contributed by atoms with Gasteiger partial charge in [0.25, 0.3) is 0 Å². The zero-order chi connectivity index (χ0) is 16.2. The highest BCUT2D eigenvalue weighted by atomic mass is 16.2. The van der Waals surface area contributed by atoms with Crippen LogP contribution in [0.3, 0.4) is 0 Å².